The van der Waals surface area contributed by atoms with E-state index in [2.05, 4.69) is 36.6 Å². The van der Waals surface area contributed by atoms with Crippen LogP contribution in [0.15, 0.2) is 30.7 Å². The first kappa shape index (κ1) is 15.8. The summed E-state index contributed by atoms with van der Waals surface area (Å²) in [6, 6.07) is 3.92. The number of hydrogen-bond acceptors (Lipinski definition) is 5. The highest BCUT2D eigenvalue weighted by atomic mass is 16.1. The quantitative estimate of drug-likeness (QED) is 0.713. The number of aryl methyl sites for hydroxylation is 2. The van der Waals surface area contributed by atoms with Crippen molar-refractivity contribution in [2.24, 2.45) is 0 Å². The average molecular weight is 339 g/mol. The minimum absolute atomic E-state index is 0.0107. The van der Waals surface area contributed by atoms with Crippen molar-refractivity contribution in [1.82, 2.24) is 35.0 Å². The van der Waals surface area contributed by atoms with Crippen molar-refractivity contribution >= 4 is 11.6 Å². The topological polar surface area (TPSA) is 89.1 Å². The summed E-state index contributed by atoms with van der Waals surface area (Å²) in [6.07, 6.45) is 7.46. The first-order valence-electron chi connectivity index (χ1n) is 8.60. The Morgan fingerprint density at radius 1 is 1.40 bits per heavy atom. The molecule has 1 amide bonds. The summed E-state index contributed by atoms with van der Waals surface area (Å²) >= 11 is 0. The van der Waals surface area contributed by atoms with Gasteiger partial charge in [-0.05, 0) is 25.1 Å². The number of hydrogen-bond donors (Lipinski definition) is 2. The molecule has 8 nitrogen and oxygen atoms in total. The number of carbonyl (C=O) groups excluding carboxylic acids is 1. The van der Waals surface area contributed by atoms with Gasteiger partial charge in [0.05, 0.1) is 17.6 Å². The van der Waals surface area contributed by atoms with Crippen LogP contribution in [0.4, 0.5) is 0 Å². The molecule has 130 valence electrons. The molecule has 0 aromatic carbocycles. The van der Waals surface area contributed by atoms with E-state index in [-0.39, 0.29) is 5.91 Å². The number of aromatic nitrogens is 5. The molecule has 3 aromatic rings. The van der Waals surface area contributed by atoms with Gasteiger partial charge in [0, 0.05) is 50.4 Å². The van der Waals surface area contributed by atoms with Gasteiger partial charge >= 0.3 is 0 Å². The molecule has 0 fully saturated rings. The second-order valence-electron chi connectivity index (χ2n) is 6.21. The predicted molar refractivity (Wildman–Crippen MR) is 91.7 cm³/mol. The van der Waals surface area contributed by atoms with Crippen LogP contribution in [0.3, 0.4) is 0 Å². The number of nitrogens with zero attached hydrogens (tertiary/aromatic N) is 5. The van der Waals surface area contributed by atoms with E-state index in [1.807, 2.05) is 12.3 Å². The molecule has 3 aromatic heterocycles. The summed E-state index contributed by atoms with van der Waals surface area (Å²) in [6.45, 7) is 3.25. The summed E-state index contributed by atoms with van der Waals surface area (Å²) in [4.78, 5) is 16.4. The molecule has 0 bridgehead atoms. The van der Waals surface area contributed by atoms with Crippen molar-refractivity contribution < 1.29 is 4.79 Å². The zero-order valence-electron chi connectivity index (χ0n) is 14.0. The van der Waals surface area contributed by atoms with Crippen LogP contribution in [0.1, 0.15) is 29.8 Å². The Morgan fingerprint density at radius 3 is 3.32 bits per heavy atom. The van der Waals surface area contributed by atoms with E-state index in [9.17, 15) is 4.79 Å². The first-order valence-corrected chi connectivity index (χ1v) is 8.60. The minimum atomic E-state index is 0.0107. The van der Waals surface area contributed by atoms with Gasteiger partial charge in [-0.3, -0.25) is 9.48 Å². The molecule has 0 aliphatic carbocycles. The van der Waals surface area contributed by atoms with Crippen LogP contribution < -0.4 is 10.6 Å². The molecule has 1 aliphatic heterocycles. The average Bonchev–Trinajstić information content (AvgIpc) is 3.16. The molecule has 25 heavy (non-hydrogen) atoms. The SMILES string of the molecule is O=C(CCc1cc2n(n1)CCCNC2)NCc1cnn2cccnc12. The Morgan fingerprint density at radius 2 is 2.36 bits per heavy atom. The molecule has 0 spiro atoms. The maximum atomic E-state index is 12.1. The molecule has 0 unspecified atom stereocenters. The Kier molecular flexibility index (Phi) is 4.43. The van der Waals surface area contributed by atoms with Gasteiger partial charge in [0.25, 0.3) is 0 Å². The van der Waals surface area contributed by atoms with E-state index in [0.29, 0.717) is 19.4 Å². The second-order valence-corrected chi connectivity index (χ2v) is 6.21. The minimum Gasteiger partial charge on any atom is -0.352 e. The zero-order valence-corrected chi connectivity index (χ0v) is 14.0. The van der Waals surface area contributed by atoms with Gasteiger partial charge in [0.2, 0.25) is 5.91 Å². The summed E-state index contributed by atoms with van der Waals surface area (Å²) < 4.78 is 3.76. The van der Waals surface area contributed by atoms with Crippen molar-refractivity contribution in [2.75, 3.05) is 6.54 Å². The normalized spacial score (nSPS) is 14.2. The van der Waals surface area contributed by atoms with Gasteiger partial charge < -0.3 is 10.6 Å². The van der Waals surface area contributed by atoms with Crippen LogP contribution in [-0.4, -0.2) is 36.8 Å². The highest BCUT2D eigenvalue weighted by Gasteiger charge is 2.12. The highest BCUT2D eigenvalue weighted by molar-refractivity contribution is 5.76. The van der Waals surface area contributed by atoms with Crippen LogP contribution in [0.5, 0.6) is 0 Å². The van der Waals surface area contributed by atoms with E-state index in [1.54, 1.807) is 16.9 Å². The van der Waals surface area contributed by atoms with Crippen molar-refractivity contribution in [3.8, 4) is 0 Å². The van der Waals surface area contributed by atoms with Crippen molar-refractivity contribution in [1.29, 1.82) is 0 Å². The van der Waals surface area contributed by atoms with E-state index in [1.165, 1.54) is 5.69 Å². The molecule has 0 radical (unpaired) electrons. The summed E-state index contributed by atoms with van der Waals surface area (Å²) in [5.41, 5.74) is 3.86. The Labute approximate surface area is 145 Å². The third-order valence-corrected chi connectivity index (χ3v) is 4.38. The second kappa shape index (κ2) is 7.02. The highest BCUT2D eigenvalue weighted by Crippen LogP contribution is 2.10. The van der Waals surface area contributed by atoms with E-state index >= 15 is 0 Å². The molecule has 0 saturated carbocycles. The van der Waals surface area contributed by atoms with Crippen LogP contribution in [-0.2, 0) is 30.8 Å². The van der Waals surface area contributed by atoms with Gasteiger partial charge in [-0.1, -0.05) is 0 Å². The lowest BCUT2D eigenvalue weighted by Gasteiger charge is -2.03. The Bertz CT molecular complexity index is 859. The number of rotatable bonds is 5. The van der Waals surface area contributed by atoms with Gasteiger partial charge in [-0.2, -0.15) is 10.2 Å². The zero-order chi connectivity index (χ0) is 17.1. The lowest BCUT2D eigenvalue weighted by atomic mass is 10.2. The van der Waals surface area contributed by atoms with Crippen LogP contribution in [0.25, 0.3) is 5.65 Å². The largest absolute Gasteiger partial charge is 0.352 e. The van der Waals surface area contributed by atoms with Crippen LogP contribution in [0, 0.1) is 0 Å². The number of fused-ring (bicyclic) bond motifs is 2. The van der Waals surface area contributed by atoms with E-state index in [0.717, 1.165) is 43.0 Å². The molecular weight excluding hydrogens is 318 g/mol. The van der Waals surface area contributed by atoms with Crippen LogP contribution in [0.2, 0.25) is 0 Å². The molecular formula is C17H21N7O. The summed E-state index contributed by atoms with van der Waals surface area (Å²) in [5, 5.41) is 15.1. The first-order chi connectivity index (χ1) is 12.3. The fourth-order valence-electron chi connectivity index (χ4n) is 3.07. The number of nitrogens with one attached hydrogen (secondary N) is 2. The monoisotopic (exact) mass is 339 g/mol. The molecule has 0 atom stereocenters. The summed E-state index contributed by atoms with van der Waals surface area (Å²) in [7, 11) is 0. The number of amides is 1. The Hall–Kier alpha value is -2.74. The van der Waals surface area contributed by atoms with Crippen molar-refractivity contribution in [3.63, 3.8) is 0 Å². The van der Waals surface area contributed by atoms with E-state index in [4.69, 9.17) is 0 Å². The molecule has 2 N–H and O–H groups in total. The molecule has 1 aliphatic rings. The molecule has 4 rings (SSSR count). The standard InChI is InChI=1S/C17H21N7O/c25-16(20-10-13-11-21-24-8-2-6-19-17(13)24)4-3-14-9-15-12-18-5-1-7-23(15)22-14/h2,6,8-9,11,18H,1,3-5,7,10,12H2,(H,20,25). The number of carbonyl (C=O) groups is 1. The van der Waals surface area contributed by atoms with Gasteiger partial charge in [0.15, 0.2) is 5.65 Å². The predicted octanol–water partition coefficient (Wildman–Crippen LogP) is 0.668. The molecule has 8 heteroatoms. The van der Waals surface area contributed by atoms with Gasteiger partial charge in [-0.25, -0.2) is 9.50 Å². The summed E-state index contributed by atoms with van der Waals surface area (Å²) in [5.74, 6) is 0.0107. The fourth-order valence-corrected chi connectivity index (χ4v) is 3.07. The Balaban J connectivity index is 1.31. The van der Waals surface area contributed by atoms with Gasteiger partial charge in [-0.15, -0.1) is 0 Å². The lowest BCUT2D eigenvalue weighted by Crippen LogP contribution is -2.23. The third-order valence-electron chi connectivity index (χ3n) is 4.38. The van der Waals surface area contributed by atoms with Gasteiger partial charge in [0.1, 0.15) is 0 Å². The third kappa shape index (κ3) is 3.53. The van der Waals surface area contributed by atoms with Crippen molar-refractivity contribution in [2.45, 2.75) is 38.9 Å². The lowest BCUT2D eigenvalue weighted by molar-refractivity contribution is -0.121. The van der Waals surface area contributed by atoms with E-state index < -0.39 is 0 Å². The van der Waals surface area contributed by atoms with Crippen LogP contribution >= 0.6 is 0 Å². The maximum Gasteiger partial charge on any atom is 0.220 e. The van der Waals surface area contributed by atoms with Crippen molar-refractivity contribution in [3.05, 3.63) is 47.7 Å². The molecule has 0 saturated heterocycles. The smallest absolute Gasteiger partial charge is 0.220 e. The molecule has 4 heterocycles. The maximum absolute atomic E-state index is 12.1. The fraction of sp³-hybridized carbons (Fsp3) is 0.412.